The second kappa shape index (κ2) is 7.44. The second-order valence-electron chi connectivity index (χ2n) is 4.36. The van der Waals surface area contributed by atoms with Gasteiger partial charge in [-0.1, -0.05) is 0 Å². The summed E-state index contributed by atoms with van der Waals surface area (Å²) in [5.41, 5.74) is 6.31. The van der Waals surface area contributed by atoms with Crippen molar-refractivity contribution in [1.29, 1.82) is 0 Å². The van der Waals surface area contributed by atoms with Crippen molar-refractivity contribution in [2.45, 2.75) is 13.8 Å². The second-order valence-corrected chi connectivity index (χ2v) is 4.36. The fraction of sp³-hybridized carbons (Fsp3) is 0.333. The zero-order valence-corrected chi connectivity index (χ0v) is 12.3. The van der Waals surface area contributed by atoms with Crippen LogP contribution >= 0.6 is 0 Å². The molecule has 0 fully saturated rings. The number of nitrogens with two attached hydrogens (primary N) is 1. The van der Waals surface area contributed by atoms with Crippen molar-refractivity contribution in [3.8, 4) is 11.6 Å². The largest absolute Gasteiger partial charge is 0.492 e. The molecule has 0 unspecified atom stereocenters. The Bertz CT molecular complexity index is 572. The van der Waals surface area contributed by atoms with Crippen molar-refractivity contribution in [3.05, 3.63) is 36.2 Å². The minimum Gasteiger partial charge on any atom is -0.492 e. The molecule has 0 aliphatic carbocycles. The van der Waals surface area contributed by atoms with Crippen LogP contribution in [0.1, 0.15) is 12.7 Å². The molecule has 1 aromatic carbocycles. The van der Waals surface area contributed by atoms with Gasteiger partial charge in [-0.3, -0.25) is 0 Å². The summed E-state index contributed by atoms with van der Waals surface area (Å²) < 4.78 is 10.8. The smallest absolute Gasteiger partial charge is 0.218 e. The standard InChI is InChI=1S/C15H20N4O2/c1-3-20-15-10-14(17-11(2)18-15)19-12-4-6-13(7-5-12)21-9-8-16/h4-7,10H,3,8-9,16H2,1-2H3,(H,17,18,19). The summed E-state index contributed by atoms with van der Waals surface area (Å²) in [7, 11) is 0. The lowest BCUT2D eigenvalue weighted by Crippen LogP contribution is -2.10. The van der Waals surface area contributed by atoms with Crippen LogP contribution in [-0.2, 0) is 0 Å². The number of benzene rings is 1. The van der Waals surface area contributed by atoms with Crippen LogP contribution in [0.4, 0.5) is 11.5 Å². The lowest BCUT2D eigenvalue weighted by atomic mass is 10.3. The third kappa shape index (κ3) is 4.61. The molecule has 0 saturated carbocycles. The number of aryl methyl sites for hydroxylation is 1. The molecule has 3 N–H and O–H groups in total. The molecule has 6 nitrogen and oxygen atoms in total. The van der Waals surface area contributed by atoms with E-state index in [4.69, 9.17) is 15.2 Å². The molecule has 1 aromatic heterocycles. The number of ether oxygens (including phenoxy) is 2. The Kier molecular flexibility index (Phi) is 5.34. The highest BCUT2D eigenvalue weighted by molar-refractivity contribution is 5.57. The lowest BCUT2D eigenvalue weighted by molar-refractivity contribution is 0.325. The van der Waals surface area contributed by atoms with E-state index >= 15 is 0 Å². The average molecular weight is 288 g/mol. The number of aromatic nitrogens is 2. The van der Waals surface area contributed by atoms with Crippen molar-refractivity contribution in [2.24, 2.45) is 5.73 Å². The third-order valence-electron chi connectivity index (χ3n) is 2.62. The number of rotatable bonds is 7. The van der Waals surface area contributed by atoms with Crippen LogP contribution in [0, 0.1) is 6.92 Å². The molecule has 0 spiro atoms. The minimum atomic E-state index is 0.500. The Hall–Kier alpha value is -2.34. The van der Waals surface area contributed by atoms with E-state index in [0.29, 0.717) is 37.3 Å². The van der Waals surface area contributed by atoms with Crippen LogP contribution < -0.4 is 20.5 Å². The summed E-state index contributed by atoms with van der Waals surface area (Å²) >= 11 is 0. The molecular weight excluding hydrogens is 268 g/mol. The van der Waals surface area contributed by atoms with Crippen molar-refractivity contribution in [2.75, 3.05) is 25.1 Å². The van der Waals surface area contributed by atoms with Crippen molar-refractivity contribution in [1.82, 2.24) is 9.97 Å². The molecule has 0 bridgehead atoms. The van der Waals surface area contributed by atoms with E-state index in [2.05, 4.69) is 15.3 Å². The van der Waals surface area contributed by atoms with E-state index in [-0.39, 0.29) is 0 Å². The third-order valence-corrected chi connectivity index (χ3v) is 2.62. The summed E-state index contributed by atoms with van der Waals surface area (Å²) in [4.78, 5) is 8.54. The molecule has 0 atom stereocenters. The van der Waals surface area contributed by atoms with Gasteiger partial charge in [-0.25, -0.2) is 4.98 Å². The van der Waals surface area contributed by atoms with Gasteiger partial charge in [0.15, 0.2) is 0 Å². The number of hydrogen-bond donors (Lipinski definition) is 2. The van der Waals surface area contributed by atoms with E-state index in [1.165, 1.54) is 0 Å². The Morgan fingerprint density at radius 1 is 1.14 bits per heavy atom. The molecule has 21 heavy (non-hydrogen) atoms. The van der Waals surface area contributed by atoms with Gasteiger partial charge < -0.3 is 20.5 Å². The fourth-order valence-electron chi connectivity index (χ4n) is 1.79. The highest BCUT2D eigenvalue weighted by atomic mass is 16.5. The van der Waals surface area contributed by atoms with Crippen molar-refractivity contribution >= 4 is 11.5 Å². The maximum atomic E-state index is 5.43. The van der Waals surface area contributed by atoms with E-state index in [1.807, 2.05) is 38.1 Å². The molecule has 0 aliphatic rings. The molecule has 0 aliphatic heterocycles. The zero-order chi connectivity index (χ0) is 15.1. The van der Waals surface area contributed by atoms with E-state index in [1.54, 1.807) is 6.07 Å². The van der Waals surface area contributed by atoms with Gasteiger partial charge >= 0.3 is 0 Å². The average Bonchev–Trinajstić information content (AvgIpc) is 2.46. The zero-order valence-electron chi connectivity index (χ0n) is 12.3. The monoisotopic (exact) mass is 288 g/mol. The van der Waals surface area contributed by atoms with Crippen LogP contribution in [0.2, 0.25) is 0 Å². The van der Waals surface area contributed by atoms with E-state index in [0.717, 1.165) is 11.4 Å². The summed E-state index contributed by atoms with van der Waals surface area (Å²) in [6.07, 6.45) is 0. The van der Waals surface area contributed by atoms with Crippen LogP contribution in [0.25, 0.3) is 0 Å². The summed E-state index contributed by atoms with van der Waals surface area (Å²) in [5, 5.41) is 3.22. The van der Waals surface area contributed by atoms with E-state index in [9.17, 15) is 0 Å². The fourth-order valence-corrected chi connectivity index (χ4v) is 1.79. The molecule has 2 aromatic rings. The minimum absolute atomic E-state index is 0.500. The van der Waals surface area contributed by atoms with Crippen molar-refractivity contribution < 1.29 is 9.47 Å². The summed E-state index contributed by atoms with van der Waals surface area (Å²) in [5.74, 6) is 2.71. The first-order chi connectivity index (χ1) is 10.2. The SMILES string of the molecule is CCOc1cc(Nc2ccc(OCCN)cc2)nc(C)n1. The Labute approximate surface area is 124 Å². The maximum Gasteiger partial charge on any atom is 0.218 e. The molecule has 0 saturated heterocycles. The highest BCUT2D eigenvalue weighted by Crippen LogP contribution is 2.21. The van der Waals surface area contributed by atoms with Gasteiger partial charge in [0, 0.05) is 18.3 Å². The number of nitrogens with one attached hydrogen (secondary N) is 1. The molecule has 2 rings (SSSR count). The molecule has 1 heterocycles. The Morgan fingerprint density at radius 3 is 2.57 bits per heavy atom. The Balaban J connectivity index is 2.07. The number of nitrogens with zero attached hydrogens (tertiary/aromatic N) is 2. The molecule has 112 valence electrons. The summed E-state index contributed by atoms with van der Waals surface area (Å²) in [6, 6.07) is 9.38. The van der Waals surface area contributed by atoms with Crippen molar-refractivity contribution in [3.63, 3.8) is 0 Å². The van der Waals surface area contributed by atoms with Gasteiger partial charge in [0.25, 0.3) is 0 Å². The normalized spacial score (nSPS) is 10.2. The molecular formula is C15H20N4O2. The predicted octanol–water partition coefficient (Wildman–Crippen LogP) is 2.26. The van der Waals surface area contributed by atoms with Gasteiger partial charge in [-0.05, 0) is 38.1 Å². The first kappa shape index (κ1) is 15.1. The lowest BCUT2D eigenvalue weighted by Gasteiger charge is -2.10. The first-order valence-electron chi connectivity index (χ1n) is 6.89. The molecule has 0 amide bonds. The molecule has 0 radical (unpaired) electrons. The van der Waals surface area contributed by atoms with Gasteiger partial charge in [0.1, 0.15) is 24.0 Å². The van der Waals surface area contributed by atoms with Crippen LogP contribution in [0.15, 0.2) is 30.3 Å². The first-order valence-corrected chi connectivity index (χ1v) is 6.89. The van der Waals surface area contributed by atoms with Gasteiger partial charge in [-0.2, -0.15) is 4.98 Å². The quantitative estimate of drug-likeness (QED) is 0.813. The van der Waals surface area contributed by atoms with Crippen LogP contribution in [-0.4, -0.2) is 29.7 Å². The van der Waals surface area contributed by atoms with E-state index < -0.39 is 0 Å². The Morgan fingerprint density at radius 2 is 1.90 bits per heavy atom. The predicted molar refractivity (Wildman–Crippen MR) is 82.2 cm³/mol. The van der Waals surface area contributed by atoms with Gasteiger partial charge in [0.2, 0.25) is 5.88 Å². The molecule has 6 heteroatoms. The topological polar surface area (TPSA) is 82.3 Å². The highest BCUT2D eigenvalue weighted by Gasteiger charge is 2.03. The number of hydrogen-bond acceptors (Lipinski definition) is 6. The summed E-state index contributed by atoms with van der Waals surface area (Å²) in [6.45, 7) is 5.33. The maximum absolute atomic E-state index is 5.43. The number of anilines is 2. The van der Waals surface area contributed by atoms with Gasteiger partial charge in [0.05, 0.1) is 6.61 Å². The van der Waals surface area contributed by atoms with Gasteiger partial charge in [-0.15, -0.1) is 0 Å². The van der Waals surface area contributed by atoms with Crippen LogP contribution in [0.5, 0.6) is 11.6 Å². The van der Waals surface area contributed by atoms with Crippen LogP contribution in [0.3, 0.4) is 0 Å².